The van der Waals surface area contributed by atoms with Crippen molar-refractivity contribution in [2.75, 3.05) is 23.7 Å². The van der Waals surface area contributed by atoms with E-state index >= 15 is 0 Å². The number of hydrogen-bond donors (Lipinski definition) is 3. The molecule has 5 heterocycles. The molecule has 4 N–H and O–H groups in total. The molecule has 0 radical (unpaired) electrons. The smallest absolute Gasteiger partial charge is 0.246 e. The van der Waals surface area contributed by atoms with E-state index in [1.165, 1.54) is 24.4 Å². The van der Waals surface area contributed by atoms with Crippen molar-refractivity contribution in [3.63, 3.8) is 0 Å². The number of likely N-dealkylation sites (tertiary alicyclic amines) is 1. The summed E-state index contributed by atoms with van der Waals surface area (Å²) < 4.78 is 8.29. The summed E-state index contributed by atoms with van der Waals surface area (Å²) in [6.45, 7) is 7.48. The van der Waals surface area contributed by atoms with Crippen molar-refractivity contribution in [3.8, 4) is 11.3 Å². The zero-order valence-electron chi connectivity index (χ0n) is 22.9. The van der Waals surface area contributed by atoms with Crippen LogP contribution in [0.2, 0.25) is 0 Å². The van der Waals surface area contributed by atoms with Crippen molar-refractivity contribution in [1.29, 1.82) is 0 Å². The third-order valence-electron chi connectivity index (χ3n) is 7.05. The lowest BCUT2D eigenvalue weighted by molar-refractivity contribution is -0.116. The van der Waals surface area contributed by atoms with Gasteiger partial charge in [-0.05, 0) is 86.0 Å². The number of rotatable bonds is 9. The number of fused-ring (bicyclic) bond motifs is 1. The zero-order valence-corrected chi connectivity index (χ0v) is 24.6. The second-order valence-corrected chi connectivity index (χ2v) is 12.0. The summed E-state index contributed by atoms with van der Waals surface area (Å²) in [6.07, 6.45) is 9.89. The Balaban J connectivity index is 1.15. The van der Waals surface area contributed by atoms with Crippen molar-refractivity contribution < 1.29 is 4.79 Å². The highest BCUT2D eigenvalue weighted by molar-refractivity contribution is 7.97. The standard InChI is InChI=1S/C28H32N10OS2/c1-18-4-3-9-36(13-18)16-22-10-26(41-35-22)34-27-28-30-12-24(38(28)14-19(2)32-27)20-11-31-37(15-20)17-25(39)33-21-5-7-23(40-29)8-6-21/h5-8,10-12,14-15,18H,3-4,9,13,16-17,29H2,1-2H3,(H,32,34)(H,33,39). The highest BCUT2D eigenvalue weighted by Gasteiger charge is 2.19. The first-order chi connectivity index (χ1) is 19.9. The van der Waals surface area contributed by atoms with Crippen LogP contribution in [0.5, 0.6) is 0 Å². The summed E-state index contributed by atoms with van der Waals surface area (Å²) in [6, 6.07) is 9.48. The molecule has 1 aromatic carbocycles. The fourth-order valence-electron chi connectivity index (χ4n) is 5.17. The second-order valence-electron chi connectivity index (χ2n) is 10.5. The number of benzene rings is 1. The Hall–Kier alpha value is -3.78. The summed E-state index contributed by atoms with van der Waals surface area (Å²) in [5, 5.41) is 17.2. The van der Waals surface area contributed by atoms with Crippen LogP contribution >= 0.6 is 23.5 Å². The number of hydrogen-bond acceptors (Lipinski definition) is 10. The Morgan fingerprint density at radius 1 is 1.22 bits per heavy atom. The lowest BCUT2D eigenvalue weighted by Gasteiger charge is -2.30. The van der Waals surface area contributed by atoms with Gasteiger partial charge in [0.15, 0.2) is 11.5 Å². The number of piperidine rings is 1. The van der Waals surface area contributed by atoms with Crippen molar-refractivity contribution >= 4 is 51.5 Å². The molecule has 1 unspecified atom stereocenters. The predicted molar refractivity (Wildman–Crippen MR) is 163 cm³/mol. The van der Waals surface area contributed by atoms with Gasteiger partial charge in [0, 0.05) is 41.6 Å². The van der Waals surface area contributed by atoms with Gasteiger partial charge >= 0.3 is 0 Å². The maximum absolute atomic E-state index is 12.6. The van der Waals surface area contributed by atoms with Crippen molar-refractivity contribution in [2.24, 2.45) is 11.1 Å². The maximum atomic E-state index is 12.6. The van der Waals surface area contributed by atoms with Crippen molar-refractivity contribution in [2.45, 2.75) is 44.7 Å². The van der Waals surface area contributed by atoms with Gasteiger partial charge in [-0.2, -0.15) is 9.47 Å². The summed E-state index contributed by atoms with van der Waals surface area (Å²) >= 11 is 2.60. The number of anilines is 3. The topological polar surface area (TPSA) is 131 Å². The average Bonchev–Trinajstić information content (AvgIpc) is 3.69. The Morgan fingerprint density at radius 3 is 2.88 bits per heavy atom. The highest BCUT2D eigenvalue weighted by Crippen LogP contribution is 2.28. The minimum Gasteiger partial charge on any atom is -0.328 e. The van der Waals surface area contributed by atoms with Gasteiger partial charge in [0.25, 0.3) is 0 Å². The molecule has 1 fully saturated rings. The molecule has 1 atom stereocenters. The lowest BCUT2D eigenvalue weighted by Crippen LogP contribution is -2.33. The monoisotopic (exact) mass is 588 g/mol. The first-order valence-corrected chi connectivity index (χ1v) is 15.2. The molecule has 212 valence electrons. The Labute approximate surface area is 246 Å². The third-order valence-corrected chi connectivity index (χ3v) is 8.34. The summed E-state index contributed by atoms with van der Waals surface area (Å²) in [5.41, 5.74) is 5.04. The molecule has 0 saturated carbocycles. The minimum atomic E-state index is -0.170. The molecule has 11 nitrogen and oxygen atoms in total. The molecule has 1 aliphatic rings. The van der Waals surface area contributed by atoms with Gasteiger partial charge in [-0.3, -0.25) is 23.9 Å². The number of nitrogens with two attached hydrogens (primary N) is 1. The molecule has 13 heteroatoms. The van der Waals surface area contributed by atoms with Crippen LogP contribution in [0, 0.1) is 12.8 Å². The van der Waals surface area contributed by atoms with Gasteiger partial charge in [0.05, 0.1) is 29.5 Å². The normalized spacial score (nSPS) is 15.8. The van der Waals surface area contributed by atoms with E-state index in [0.717, 1.165) is 70.0 Å². The fraction of sp³-hybridized carbons (Fsp3) is 0.321. The van der Waals surface area contributed by atoms with Crippen LogP contribution in [0.25, 0.3) is 16.9 Å². The molecule has 4 aromatic heterocycles. The number of amides is 1. The van der Waals surface area contributed by atoms with Crippen LogP contribution in [0.3, 0.4) is 0 Å². The molecule has 1 aliphatic heterocycles. The van der Waals surface area contributed by atoms with Gasteiger partial charge in [0.2, 0.25) is 5.91 Å². The lowest BCUT2D eigenvalue weighted by atomic mass is 10.0. The second kappa shape index (κ2) is 12.0. The van der Waals surface area contributed by atoms with E-state index in [2.05, 4.69) is 43.0 Å². The number of carbonyl (C=O) groups excluding carboxylic acids is 1. The van der Waals surface area contributed by atoms with E-state index in [1.807, 2.05) is 48.0 Å². The van der Waals surface area contributed by atoms with Gasteiger partial charge in [-0.15, -0.1) is 0 Å². The molecule has 0 bridgehead atoms. The summed E-state index contributed by atoms with van der Waals surface area (Å²) in [7, 11) is 0. The van der Waals surface area contributed by atoms with Gasteiger partial charge in [0.1, 0.15) is 11.5 Å². The molecule has 5 aromatic rings. The predicted octanol–water partition coefficient (Wildman–Crippen LogP) is 4.94. The number of carbonyl (C=O) groups is 1. The molecule has 6 rings (SSSR count). The molecule has 1 saturated heterocycles. The summed E-state index contributed by atoms with van der Waals surface area (Å²) in [5.74, 6) is 1.24. The molecule has 0 aliphatic carbocycles. The molecular weight excluding hydrogens is 557 g/mol. The van der Waals surface area contributed by atoms with Crippen LogP contribution in [0.15, 0.2) is 60.0 Å². The maximum Gasteiger partial charge on any atom is 0.246 e. The van der Waals surface area contributed by atoms with E-state index in [1.54, 1.807) is 17.1 Å². The molecule has 41 heavy (non-hydrogen) atoms. The molecule has 1 amide bonds. The van der Waals surface area contributed by atoms with Crippen LogP contribution in [0.1, 0.15) is 31.2 Å². The van der Waals surface area contributed by atoms with Crippen molar-refractivity contribution in [1.82, 2.24) is 33.4 Å². The Bertz CT molecular complexity index is 1660. The Morgan fingerprint density at radius 2 is 2.07 bits per heavy atom. The number of aromatic nitrogens is 6. The first-order valence-electron chi connectivity index (χ1n) is 13.5. The number of aryl methyl sites for hydroxylation is 1. The fourth-order valence-corrected chi connectivity index (χ4v) is 6.12. The first kappa shape index (κ1) is 27.4. The number of nitrogens with zero attached hydrogens (tertiary/aromatic N) is 7. The van der Waals surface area contributed by atoms with E-state index in [9.17, 15) is 4.79 Å². The zero-order chi connectivity index (χ0) is 28.3. The molecule has 0 spiro atoms. The van der Waals surface area contributed by atoms with E-state index in [4.69, 9.17) is 10.1 Å². The largest absolute Gasteiger partial charge is 0.328 e. The highest BCUT2D eigenvalue weighted by atomic mass is 32.2. The summed E-state index contributed by atoms with van der Waals surface area (Å²) in [4.78, 5) is 25.4. The van der Waals surface area contributed by atoms with E-state index in [-0.39, 0.29) is 12.5 Å². The average molecular weight is 589 g/mol. The third kappa shape index (κ3) is 6.43. The van der Waals surface area contributed by atoms with Gasteiger partial charge in [-0.1, -0.05) is 6.92 Å². The van der Waals surface area contributed by atoms with Crippen LogP contribution in [0.4, 0.5) is 16.5 Å². The minimum absolute atomic E-state index is 0.0849. The van der Waals surface area contributed by atoms with Crippen LogP contribution in [-0.4, -0.2) is 52.4 Å². The number of imidazole rings is 1. The van der Waals surface area contributed by atoms with Gasteiger partial charge in [-0.25, -0.2) is 9.97 Å². The van der Waals surface area contributed by atoms with E-state index < -0.39 is 0 Å². The molecular formula is C28H32N10OS2. The van der Waals surface area contributed by atoms with E-state index in [0.29, 0.717) is 17.2 Å². The van der Waals surface area contributed by atoms with Crippen LogP contribution < -0.4 is 15.8 Å². The van der Waals surface area contributed by atoms with Gasteiger partial charge < -0.3 is 10.6 Å². The SMILES string of the molecule is Cc1cn2c(-c3cnn(CC(=O)Nc4ccc(SN)cc4)c3)cnc2c(Nc2cc(CN3CCCC(C)C3)ns2)n1. The Kier molecular flexibility index (Phi) is 8.01. The number of nitrogens with one attached hydrogen (secondary N) is 2. The quantitative estimate of drug-likeness (QED) is 0.205. The van der Waals surface area contributed by atoms with Crippen LogP contribution in [-0.2, 0) is 17.9 Å². The van der Waals surface area contributed by atoms with Crippen molar-refractivity contribution in [3.05, 3.63) is 66.5 Å².